The number of amides is 1. The smallest absolute Gasteiger partial charge is 0.231 e. The topological polar surface area (TPSA) is 59.6 Å². The summed E-state index contributed by atoms with van der Waals surface area (Å²) in [7, 11) is 0. The van der Waals surface area contributed by atoms with E-state index in [2.05, 4.69) is 37.5 Å². The maximum atomic E-state index is 12.3. The number of rotatable bonds is 6. The molecule has 2 aromatic carbocycles. The number of benzene rings is 2. The normalized spacial score (nSPS) is 12.9. The van der Waals surface area contributed by atoms with E-state index in [1.807, 2.05) is 36.4 Å². The van der Waals surface area contributed by atoms with E-state index in [4.69, 9.17) is 9.47 Å². The molecule has 0 spiro atoms. The Balaban J connectivity index is 1.46. The lowest BCUT2D eigenvalue weighted by Crippen LogP contribution is -2.23. The Bertz CT molecular complexity index is 781. The molecule has 26 heavy (non-hydrogen) atoms. The molecule has 5 nitrogen and oxygen atoms in total. The maximum absolute atomic E-state index is 12.3. The highest BCUT2D eigenvalue weighted by molar-refractivity contribution is 5.91. The molecule has 138 valence electrons. The highest BCUT2D eigenvalue weighted by Gasteiger charge is 2.18. The minimum Gasteiger partial charge on any atom is -0.454 e. The Kier molecular flexibility index (Phi) is 5.47. The Morgan fingerprint density at radius 3 is 2.65 bits per heavy atom. The molecule has 0 atom stereocenters. The lowest BCUT2D eigenvalue weighted by molar-refractivity contribution is -0.116. The van der Waals surface area contributed by atoms with Gasteiger partial charge in [0, 0.05) is 25.2 Å². The number of para-hydroxylation sites is 1. The number of hydrogen-bond acceptors (Lipinski definition) is 4. The van der Waals surface area contributed by atoms with Crippen molar-refractivity contribution in [3.05, 3.63) is 53.6 Å². The molecule has 0 saturated heterocycles. The molecule has 0 fully saturated rings. The minimum absolute atomic E-state index is 0.0124. The molecule has 1 heterocycles. The number of carbonyl (C=O) groups is 1. The van der Waals surface area contributed by atoms with Crippen LogP contribution in [0.3, 0.4) is 0 Å². The molecule has 2 N–H and O–H groups in total. The second kappa shape index (κ2) is 7.79. The van der Waals surface area contributed by atoms with Gasteiger partial charge in [-0.1, -0.05) is 45.0 Å². The number of hydrogen-bond donors (Lipinski definition) is 2. The lowest BCUT2D eigenvalue weighted by atomic mass is 9.86. The van der Waals surface area contributed by atoms with Crippen molar-refractivity contribution in [3.8, 4) is 11.5 Å². The first-order valence-corrected chi connectivity index (χ1v) is 8.92. The van der Waals surface area contributed by atoms with Crippen molar-refractivity contribution < 1.29 is 14.3 Å². The van der Waals surface area contributed by atoms with E-state index in [0.29, 0.717) is 19.5 Å². The van der Waals surface area contributed by atoms with Gasteiger partial charge in [0.2, 0.25) is 12.7 Å². The lowest BCUT2D eigenvalue weighted by Gasteiger charge is -2.23. The average molecular weight is 354 g/mol. The van der Waals surface area contributed by atoms with Crippen LogP contribution in [0.4, 0.5) is 5.69 Å². The minimum atomic E-state index is -0.0124. The average Bonchev–Trinajstić information content (AvgIpc) is 3.06. The molecule has 0 aliphatic carbocycles. The maximum Gasteiger partial charge on any atom is 0.231 e. The van der Waals surface area contributed by atoms with Crippen LogP contribution in [0.1, 0.15) is 38.3 Å². The number of nitrogens with one attached hydrogen (secondary N) is 2. The molecule has 1 aliphatic rings. The Labute approximate surface area is 154 Å². The summed E-state index contributed by atoms with van der Waals surface area (Å²) in [4.78, 5) is 12.3. The Morgan fingerprint density at radius 1 is 1.08 bits per heavy atom. The number of anilines is 1. The molecule has 2 aromatic rings. The summed E-state index contributed by atoms with van der Waals surface area (Å²) < 4.78 is 10.7. The molecule has 1 amide bonds. The standard InChI is InChI=1S/C21H26N2O3/c1-21(2,3)16-6-4-5-7-17(16)23-20(24)10-11-22-13-15-8-9-18-19(12-15)26-14-25-18/h4-9,12,22H,10-11,13-14H2,1-3H3,(H,23,24). The highest BCUT2D eigenvalue weighted by Crippen LogP contribution is 2.32. The van der Waals surface area contributed by atoms with Gasteiger partial charge in [-0.15, -0.1) is 0 Å². The van der Waals surface area contributed by atoms with Crippen molar-refractivity contribution in [2.24, 2.45) is 0 Å². The summed E-state index contributed by atoms with van der Waals surface area (Å²) in [5.41, 5.74) is 3.12. The molecule has 0 unspecified atom stereocenters. The summed E-state index contributed by atoms with van der Waals surface area (Å²) in [6, 6.07) is 13.8. The van der Waals surface area contributed by atoms with E-state index in [0.717, 1.165) is 28.3 Å². The third-order valence-corrected chi connectivity index (χ3v) is 4.30. The largest absolute Gasteiger partial charge is 0.454 e. The number of carbonyl (C=O) groups excluding carboxylic acids is 1. The molecule has 0 bridgehead atoms. The molecule has 3 rings (SSSR count). The molecule has 0 saturated carbocycles. The van der Waals surface area contributed by atoms with Crippen LogP contribution in [0.15, 0.2) is 42.5 Å². The number of ether oxygens (including phenoxy) is 2. The van der Waals surface area contributed by atoms with Crippen molar-refractivity contribution in [1.82, 2.24) is 5.32 Å². The fraction of sp³-hybridized carbons (Fsp3) is 0.381. The van der Waals surface area contributed by atoms with Crippen LogP contribution in [0.25, 0.3) is 0 Å². The van der Waals surface area contributed by atoms with E-state index in [-0.39, 0.29) is 18.1 Å². The van der Waals surface area contributed by atoms with Gasteiger partial charge in [-0.05, 0) is 34.7 Å². The summed E-state index contributed by atoms with van der Waals surface area (Å²) in [6.07, 6.45) is 0.420. The third kappa shape index (κ3) is 4.55. The van der Waals surface area contributed by atoms with Gasteiger partial charge >= 0.3 is 0 Å². The van der Waals surface area contributed by atoms with Crippen LogP contribution in [-0.2, 0) is 16.8 Å². The fourth-order valence-corrected chi connectivity index (χ4v) is 2.94. The van der Waals surface area contributed by atoms with E-state index in [1.54, 1.807) is 0 Å². The third-order valence-electron chi connectivity index (χ3n) is 4.30. The van der Waals surface area contributed by atoms with Crippen molar-refractivity contribution >= 4 is 11.6 Å². The quantitative estimate of drug-likeness (QED) is 0.774. The number of fused-ring (bicyclic) bond motifs is 1. The van der Waals surface area contributed by atoms with Gasteiger partial charge in [0.05, 0.1) is 0 Å². The summed E-state index contributed by atoms with van der Waals surface area (Å²) in [5, 5.41) is 6.33. The highest BCUT2D eigenvalue weighted by atomic mass is 16.7. The second-order valence-electron chi connectivity index (χ2n) is 7.46. The molecular weight excluding hydrogens is 328 g/mol. The first-order valence-electron chi connectivity index (χ1n) is 8.92. The molecular formula is C21H26N2O3. The SMILES string of the molecule is CC(C)(C)c1ccccc1NC(=O)CCNCc1ccc2c(c1)OCO2. The zero-order valence-electron chi connectivity index (χ0n) is 15.6. The zero-order valence-corrected chi connectivity index (χ0v) is 15.6. The Hall–Kier alpha value is -2.53. The summed E-state index contributed by atoms with van der Waals surface area (Å²) in [5.74, 6) is 1.58. The first kappa shape index (κ1) is 18.3. The first-order chi connectivity index (χ1) is 12.4. The van der Waals surface area contributed by atoms with Crippen molar-refractivity contribution in [2.75, 3.05) is 18.7 Å². The van der Waals surface area contributed by atoms with Crippen LogP contribution in [0.5, 0.6) is 11.5 Å². The van der Waals surface area contributed by atoms with Crippen LogP contribution in [-0.4, -0.2) is 19.2 Å². The van der Waals surface area contributed by atoms with Crippen molar-refractivity contribution in [2.45, 2.75) is 39.2 Å². The molecule has 5 heteroatoms. The van der Waals surface area contributed by atoms with Crippen LogP contribution >= 0.6 is 0 Å². The van der Waals surface area contributed by atoms with E-state index >= 15 is 0 Å². The van der Waals surface area contributed by atoms with Crippen LogP contribution in [0, 0.1) is 0 Å². The van der Waals surface area contributed by atoms with Gasteiger partial charge in [0.1, 0.15) is 0 Å². The predicted molar refractivity (Wildman–Crippen MR) is 103 cm³/mol. The zero-order chi connectivity index (χ0) is 18.6. The van der Waals surface area contributed by atoms with Gasteiger partial charge in [-0.2, -0.15) is 0 Å². The van der Waals surface area contributed by atoms with Gasteiger partial charge in [-0.3, -0.25) is 4.79 Å². The Morgan fingerprint density at radius 2 is 1.85 bits per heavy atom. The monoisotopic (exact) mass is 354 g/mol. The van der Waals surface area contributed by atoms with E-state index < -0.39 is 0 Å². The van der Waals surface area contributed by atoms with E-state index in [9.17, 15) is 4.79 Å². The summed E-state index contributed by atoms with van der Waals surface area (Å²) in [6.45, 7) is 8.00. The van der Waals surface area contributed by atoms with Crippen LogP contribution < -0.4 is 20.1 Å². The second-order valence-corrected chi connectivity index (χ2v) is 7.46. The van der Waals surface area contributed by atoms with Crippen LogP contribution in [0.2, 0.25) is 0 Å². The van der Waals surface area contributed by atoms with Gasteiger partial charge in [-0.25, -0.2) is 0 Å². The van der Waals surface area contributed by atoms with Gasteiger partial charge in [0.25, 0.3) is 0 Å². The summed E-state index contributed by atoms with van der Waals surface area (Å²) >= 11 is 0. The van der Waals surface area contributed by atoms with Crippen molar-refractivity contribution in [3.63, 3.8) is 0 Å². The van der Waals surface area contributed by atoms with Gasteiger partial charge < -0.3 is 20.1 Å². The fourth-order valence-electron chi connectivity index (χ4n) is 2.94. The van der Waals surface area contributed by atoms with Gasteiger partial charge in [0.15, 0.2) is 11.5 Å². The van der Waals surface area contributed by atoms with E-state index in [1.165, 1.54) is 0 Å². The molecule has 1 aliphatic heterocycles. The predicted octanol–water partition coefficient (Wildman–Crippen LogP) is 3.83. The molecule has 0 radical (unpaired) electrons. The molecule has 0 aromatic heterocycles. The van der Waals surface area contributed by atoms with Crippen molar-refractivity contribution in [1.29, 1.82) is 0 Å².